The Labute approximate surface area is 183 Å². The maximum absolute atomic E-state index is 8.33. The molecule has 0 atom stereocenters. The van der Waals surface area contributed by atoms with E-state index in [1.807, 2.05) is 36.4 Å². The quantitative estimate of drug-likeness (QED) is 0.383. The molecule has 0 heterocycles. The van der Waals surface area contributed by atoms with Crippen molar-refractivity contribution in [2.24, 2.45) is 0 Å². The number of benzene rings is 2. The Morgan fingerprint density at radius 2 is 0.643 bits per heavy atom. The Morgan fingerprint density at radius 3 is 0.714 bits per heavy atom. The summed E-state index contributed by atoms with van der Waals surface area (Å²) in [7, 11) is 0. The molecule has 0 saturated carbocycles. The molecule has 0 aliphatic heterocycles. The molecule has 9 nitrogen and oxygen atoms in total. The zero-order valence-corrected chi connectivity index (χ0v) is 17.4. The van der Waals surface area contributed by atoms with E-state index in [0.717, 1.165) is 0 Å². The van der Waals surface area contributed by atoms with Gasteiger partial charge in [0, 0.05) is 0 Å². The zero-order valence-electron chi connectivity index (χ0n) is 15.1. The molecule has 2 aromatic rings. The molecular weight excluding hydrogens is 402 g/mol. The summed E-state index contributed by atoms with van der Waals surface area (Å²) in [4.78, 5) is 25.0. The van der Waals surface area contributed by atoms with Crippen molar-refractivity contribution in [1.29, 1.82) is 0 Å². The fourth-order valence-corrected chi connectivity index (χ4v) is 1.07. The summed E-state index contributed by atoms with van der Waals surface area (Å²) in [6.07, 6.45) is -7.00. The van der Waals surface area contributed by atoms with Crippen molar-refractivity contribution in [3.63, 3.8) is 0 Å². The SMILES string of the molecule is Cc1ccccc1.Cc1ccccc1.O=C([O-])[O-].O=C([O-])[O-].O=C([O-])[O-].[Al+3].[Al+3]. The molecule has 0 spiro atoms. The van der Waals surface area contributed by atoms with E-state index in [1.165, 1.54) is 11.1 Å². The van der Waals surface area contributed by atoms with Crippen LogP contribution in [0.5, 0.6) is 0 Å². The van der Waals surface area contributed by atoms with Crippen LogP contribution in [0.15, 0.2) is 60.7 Å². The maximum Gasteiger partial charge on any atom is 3.00 e. The second-order valence-corrected chi connectivity index (χ2v) is 4.06. The summed E-state index contributed by atoms with van der Waals surface area (Å²) < 4.78 is 0. The molecule has 0 saturated heterocycles. The minimum Gasteiger partial charge on any atom is -0.652 e. The van der Waals surface area contributed by atoms with Crippen LogP contribution in [0.4, 0.5) is 14.4 Å². The number of carbonyl (C=O) groups excluding carboxylic acids is 3. The van der Waals surface area contributed by atoms with Crippen LogP contribution in [0.25, 0.3) is 0 Å². The first-order valence-corrected chi connectivity index (χ1v) is 6.66. The molecule has 0 radical (unpaired) electrons. The number of aryl methyl sites for hydroxylation is 2. The van der Waals surface area contributed by atoms with Crippen molar-refractivity contribution in [3.05, 3.63) is 71.8 Å². The molecule has 0 aliphatic rings. The van der Waals surface area contributed by atoms with Crippen molar-refractivity contribution in [3.8, 4) is 0 Å². The molecule has 2 rings (SSSR count). The molecule has 0 N–H and O–H groups in total. The minimum absolute atomic E-state index is 0. The van der Waals surface area contributed by atoms with Crippen LogP contribution in [-0.4, -0.2) is 53.2 Å². The van der Waals surface area contributed by atoms with E-state index in [9.17, 15) is 0 Å². The summed E-state index contributed by atoms with van der Waals surface area (Å²) >= 11 is 0. The smallest absolute Gasteiger partial charge is 0.652 e. The van der Waals surface area contributed by atoms with Crippen LogP contribution in [0, 0.1) is 13.8 Å². The summed E-state index contributed by atoms with van der Waals surface area (Å²) in [5, 5.41) is 50.0. The molecule has 0 bridgehead atoms. The van der Waals surface area contributed by atoms with Gasteiger partial charge in [0.15, 0.2) is 0 Å². The summed E-state index contributed by atoms with van der Waals surface area (Å²) in [5.41, 5.74) is 2.64. The fraction of sp³-hybridized carbons (Fsp3) is 0.118. The van der Waals surface area contributed by atoms with Crippen LogP contribution in [-0.2, 0) is 0 Å². The monoisotopic (exact) mass is 418 g/mol. The van der Waals surface area contributed by atoms with Gasteiger partial charge >= 0.3 is 34.7 Å². The van der Waals surface area contributed by atoms with Gasteiger partial charge in [-0.05, 0) is 32.3 Å². The van der Waals surface area contributed by atoms with Crippen LogP contribution in [0.1, 0.15) is 11.1 Å². The molecule has 0 unspecified atom stereocenters. The van der Waals surface area contributed by atoms with Gasteiger partial charge in [0.2, 0.25) is 0 Å². The second-order valence-electron chi connectivity index (χ2n) is 4.06. The van der Waals surface area contributed by atoms with Crippen molar-refractivity contribution >= 4 is 53.2 Å². The van der Waals surface area contributed by atoms with Gasteiger partial charge in [-0.1, -0.05) is 71.8 Å². The van der Waals surface area contributed by atoms with E-state index in [-0.39, 0.29) is 34.7 Å². The Bertz CT molecular complexity index is 531. The second kappa shape index (κ2) is 26.5. The molecule has 2 aromatic carbocycles. The minimum atomic E-state index is -2.33. The molecule has 144 valence electrons. The maximum atomic E-state index is 8.33. The average Bonchev–Trinajstić information content (AvgIpc) is 2.47. The van der Waals surface area contributed by atoms with Crippen LogP contribution in [0.3, 0.4) is 0 Å². The first-order valence-electron chi connectivity index (χ1n) is 6.66. The first-order chi connectivity index (χ1) is 12.0. The third kappa shape index (κ3) is 65.5. The fourth-order valence-electron chi connectivity index (χ4n) is 1.07. The van der Waals surface area contributed by atoms with Gasteiger partial charge in [-0.2, -0.15) is 0 Å². The van der Waals surface area contributed by atoms with Gasteiger partial charge in [-0.25, -0.2) is 0 Å². The normalized spacial score (nSPS) is 6.93. The van der Waals surface area contributed by atoms with Crippen LogP contribution in [0.2, 0.25) is 0 Å². The average molecular weight is 418 g/mol. The third-order valence-corrected chi connectivity index (χ3v) is 1.88. The molecule has 0 aromatic heterocycles. The van der Waals surface area contributed by atoms with Gasteiger partial charge in [-0.15, -0.1) is 0 Å². The number of hydrogen-bond acceptors (Lipinski definition) is 9. The third-order valence-electron chi connectivity index (χ3n) is 1.88. The van der Waals surface area contributed by atoms with Crippen molar-refractivity contribution in [1.82, 2.24) is 0 Å². The number of carboxylic acid groups (broad SMARTS) is 6. The van der Waals surface area contributed by atoms with Crippen molar-refractivity contribution < 1.29 is 45.0 Å². The largest absolute Gasteiger partial charge is 3.00 e. The topological polar surface area (TPSA) is 190 Å². The van der Waals surface area contributed by atoms with Gasteiger partial charge in [-0.3, -0.25) is 0 Å². The summed E-state index contributed by atoms with van der Waals surface area (Å²) in [5.74, 6) is 0. The molecule has 0 fully saturated rings. The van der Waals surface area contributed by atoms with E-state index in [2.05, 4.69) is 38.1 Å². The summed E-state index contributed by atoms with van der Waals surface area (Å²) in [6.45, 7) is 4.17. The van der Waals surface area contributed by atoms with Gasteiger partial charge in [0.05, 0.1) is 0 Å². The van der Waals surface area contributed by atoms with E-state index in [1.54, 1.807) is 0 Å². The molecule has 0 amide bonds. The number of hydrogen-bond donors (Lipinski definition) is 0. The van der Waals surface area contributed by atoms with Crippen molar-refractivity contribution in [2.45, 2.75) is 13.8 Å². The van der Waals surface area contributed by atoms with Gasteiger partial charge in [0.1, 0.15) is 0 Å². The van der Waals surface area contributed by atoms with E-state index < -0.39 is 18.5 Å². The Kier molecular flexibility index (Phi) is 34.4. The molecule has 0 aliphatic carbocycles. The molecular formula is C17H16Al2O9. The molecule has 11 heteroatoms. The van der Waals surface area contributed by atoms with E-state index >= 15 is 0 Å². The number of rotatable bonds is 0. The van der Waals surface area contributed by atoms with Gasteiger partial charge in [0.25, 0.3) is 0 Å². The predicted octanol–water partition coefficient (Wildman–Crippen LogP) is -4.11. The Hall–Kier alpha value is -2.69. The van der Waals surface area contributed by atoms with E-state index in [0.29, 0.717) is 0 Å². The van der Waals surface area contributed by atoms with Crippen LogP contribution >= 0.6 is 0 Å². The standard InChI is InChI=1S/2C7H8.3CH2O3.2Al/c2*1-7-5-3-2-4-6-7;3*2-1(3)4;;/h2*2-6H,1H3;3*(H2,2,3,4);;/q;;;;;2*+3/p-6. The molecule has 28 heavy (non-hydrogen) atoms. The van der Waals surface area contributed by atoms with Crippen LogP contribution < -0.4 is 30.6 Å². The van der Waals surface area contributed by atoms with Crippen molar-refractivity contribution in [2.75, 3.05) is 0 Å². The predicted molar refractivity (Wildman–Crippen MR) is 90.1 cm³/mol. The zero-order chi connectivity index (χ0) is 21.0. The Balaban J connectivity index is -0.0000000799. The first kappa shape index (κ1) is 36.3. The summed E-state index contributed by atoms with van der Waals surface area (Å²) in [6, 6.07) is 20.5. The van der Waals surface area contributed by atoms with E-state index in [4.69, 9.17) is 45.0 Å². The number of carbonyl (C=O) groups is 3. The van der Waals surface area contributed by atoms with Gasteiger partial charge < -0.3 is 45.0 Å². The Morgan fingerprint density at radius 1 is 0.500 bits per heavy atom.